The summed E-state index contributed by atoms with van der Waals surface area (Å²) >= 11 is 6.06. The van der Waals surface area contributed by atoms with E-state index >= 15 is 0 Å². The molecular weight excluding hydrogens is 336 g/mol. The Morgan fingerprint density at radius 3 is 2.64 bits per heavy atom. The maximum atomic E-state index is 12.7. The molecule has 1 amide bonds. The van der Waals surface area contributed by atoms with Crippen molar-refractivity contribution in [2.75, 3.05) is 37.7 Å². The topological polar surface area (TPSA) is 32.8 Å². The van der Waals surface area contributed by atoms with Crippen LogP contribution in [0.5, 0.6) is 0 Å². The van der Waals surface area contributed by atoms with Crippen LogP contribution in [-0.4, -0.2) is 43.6 Å². The standard InChI is InChI=1S/C20H25ClN2O2/c1-4-6-10-19(25-5-2)16(3)20(24)23-13-11-22(12-14-23)18-9-7-8-17(21)15-18/h4,6-10,15H,3,5,11-14H2,1-2H3/b6-4-,19-10+. The van der Waals surface area contributed by atoms with E-state index in [0.29, 0.717) is 31.0 Å². The number of rotatable bonds is 6. The third-order valence-electron chi connectivity index (χ3n) is 4.04. The van der Waals surface area contributed by atoms with Crippen LogP contribution in [0.3, 0.4) is 0 Å². The number of halogens is 1. The predicted octanol–water partition coefficient (Wildman–Crippen LogP) is 4.04. The van der Waals surface area contributed by atoms with Crippen LogP contribution in [0.1, 0.15) is 13.8 Å². The summed E-state index contributed by atoms with van der Waals surface area (Å²) in [6.45, 7) is 11.1. The molecule has 0 saturated carbocycles. The molecule has 0 bridgehead atoms. The fraction of sp³-hybridized carbons (Fsp3) is 0.350. The second-order valence-corrected chi connectivity index (χ2v) is 6.16. The van der Waals surface area contributed by atoms with Crippen molar-refractivity contribution in [3.63, 3.8) is 0 Å². The molecule has 1 aromatic rings. The minimum absolute atomic E-state index is 0.0741. The highest BCUT2D eigenvalue weighted by Crippen LogP contribution is 2.22. The highest BCUT2D eigenvalue weighted by molar-refractivity contribution is 6.30. The van der Waals surface area contributed by atoms with Gasteiger partial charge in [-0.15, -0.1) is 0 Å². The fourth-order valence-electron chi connectivity index (χ4n) is 2.71. The van der Waals surface area contributed by atoms with Crippen molar-refractivity contribution in [1.82, 2.24) is 4.90 Å². The van der Waals surface area contributed by atoms with E-state index in [2.05, 4.69) is 11.5 Å². The number of piperazine rings is 1. The van der Waals surface area contributed by atoms with Crippen LogP contribution >= 0.6 is 11.6 Å². The Kier molecular flexibility index (Phi) is 7.14. The molecule has 5 heteroatoms. The van der Waals surface area contributed by atoms with Crippen LogP contribution in [0.15, 0.2) is 60.4 Å². The zero-order valence-corrected chi connectivity index (χ0v) is 15.6. The molecule has 1 aliphatic heterocycles. The molecule has 2 rings (SSSR count). The first-order chi connectivity index (χ1) is 12.1. The van der Waals surface area contributed by atoms with E-state index < -0.39 is 0 Å². The van der Waals surface area contributed by atoms with Gasteiger partial charge in [0.25, 0.3) is 5.91 Å². The number of anilines is 1. The van der Waals surface area contributed by atoms with Crippen molar-refractivity contribution >= 4 is 23.2 Å². The van der Waals surface area contributed by atoms with E-state index in [-0.39, 0.29) is 5.91 Å². The molecule has 0 unspecified atom stereocenters. The first kappa shape index (κ1) is 19.1. The molecule has 0 atom stereocenters. The number of hydrogen-bond acceptors (Lipinski definition) is 3. The van der Waals surface area contributed by atoms with Gasteiger partial charge in [0.2, 0.25) is 0 Å². The van der Waals surface area contributed by atoms with Crippen molar-refractivity contribution in [2.45, 2.75) is 13.8 Å². The maximum absolute atomic E-state index is 12.7. The zero-order chi connectivity index (χ0) is 18.2. The van der Waals surface area contributed by atoms with Gasteiger partial charge < -0.3 is 14.5 Å². The highest BCUT2D eigenvalue weighted by atomic mass is 35.5. The van der Waals surface area contributed by atoms with E-state index in [4.69, 9.17) is 16.3 Å². The zero-order valence-electron chi connectivity index (χ0n) is 14.9. The minimum Gasteiger partial charge on any atom is -0.493 e. The number of allylic oxidation sites excluding steroid dienone is 3. The van der Waals surface area contributed by atoms with E-state index in [9.17, 15) is 4.79 Å². The van der Waals surface area contributed by atoms with Crippen LogP contribution in [0, 0.1) is 0 Å². The molecule has 25 heavy (non-hydrogen) atoms. The van der Waals surface area contributed by atoms with Crippen LogP contribution in [-0.2, 0) is 9.53 Å². The van der Waals surface area contributed by atoms with Crippen molar-refractivity contribution in [3.05, 3.63) is 65.4 Å². The molecule has 134 valence electrons. The first-order valence-electron chi connectivity index (χ1n) is 8.51. The second kappa shape index (κ2) is 9.33. The van der Waals surface area contributed by atoms with E-state index in [1.807, 2.05) is 55.2 Å². The Morgan fingerprint density at radius 2 is 2.04 bits per heavy atom. The third-order valence-corrected chi connectivity index (χ3v) is 4.27. The molecule has 1 heterocycles. The summed E-state index contributed by atoms with van der Waals surface area (Å²) in [5.74, 6) is 0.456. The van der Waals surface area contributed by atoms with Gasteiger partial charge in [0.1, 0.15) is 5.76 Å². The molecule has 4 nitrogen and oxygen atoms in total. The average molecular weight is 361 g/mol. The summed E-state index contributed by atoms with van der Waals surface area (Å²) in [6, 6.07) is 7.79. The van der Waals surface area contributed by atoms with E-state index in [1.165, 1.54) is 0 Å². The van der Waals surface area contributed by atoms with Crippen molar-refractivity contribution < 1.29 is 9.53 Å². The summed E-state index contributed by atoms with van der Waals surface area (Å²) in [6.07, 6.45) is 5.52. The molecule has 1 fully saturated rings. The number of amides is 1. The lowest BCUT2D eigenvalue weighted by molar-refractivity contribution is -0.127. The number of ether oxygens (including phenoxy) is 1. The minimum atomic E-state index is -0.0741. The average Bonchev–Trinajstić information content (AvgIpc) is 2.64. The van der Waals surface area contributed by atoms with Crippen molar-refractivity contribution in [1.29, 1.82) is 0 Å². The lowest BCUT2D eigenvalue weighted by atomic mass is 10.1. The monoisotopic (exact) mass is 360 g/mol. The Labute approximate surface area is 155 Å². The molecule has 1 aromatic carbocycles. The molecule has 0 radical (unpaired) electrons. The van der Waals surface area contributed by atoms with Crippen LogP contribution in [0.25, 0.3) is 0 Å². The third kappa shape index (κ3) is 5.13. The Balaban J connectivity index is 1.99. The van der Waals surface area contributed by atoms with Crippen molar-refractivity contribution in [3.8, 4) is 0 Å². The summed E-state index contributed by atoms with van der Waals surface area (Å²) in [5.41, 5.74) is 1.48. The van der Waals surface area contributed by atoms with Gasteiger partial charge in [-0.2, -0.15) is 0 Å². The van der Waals surface area contributed by atoms with Gasteiger partial charge in [-0.3, -0.25) is 4.79 Å². The second-order valence-electron chi connectivity index (χ2n) is 5.73. The number of carbonyl (C=O) groups excluding carboxylic acids is 1. The smallest absolute Gasteiger partial charge is 0.257 e. The molecule has 1 aliphatic rings. The number of hydrogen-bond donors (Lipinski definition) is 0. The van der Waals surface area contributed by atoms with Gasteiger partial charge in [-0.25, -0.2) is 0 Å². The van der Waals surface area contributed by atoms with Gasteiger partial charge >= 0.3 is 0 Å². The summed E-state index contributed by atoms with van der Waals surface area (Å²) < 4.78 is 5.56. The summed E-state index contributed by atoms with van der Waals surface area (Å²) in [5, 5.41) is 0.722. The SMILES string of the molecule is C=C(C(=O)N1CCN(c2cccc(Cl)c2)CC1)/C(=C\C=C/C)OCC. The molecular formula is C20H25ClN2O2. The maximum Gasteiger partial charge on any atom is 0.257 e. The molecule has 1 saturated heterocycles. The Morgan fingerprint density at radius 1 is 1.32 bits per heavy atom. The summed E-state index contributed by atoms with van der Waals surface area (Å²) in [7, 11) is 0. The van der Waals surface area contributed by atoms with Gasteiger partial charge in [0.05, 0.1) is 12.2 Å². The predicted molar refractivity (Wildman–Crippen MR) is 104 cm³/mol. The molecule has 0 spiro atoms. The lowest BCUT2D eigenvalue weighted by Gasteiger charge is -2.36. The van der Waals surface area contributed by atoms with E-state index in [0.717, 1.165) is 23.8 Å². The summed E-state index contributed by atoms with van der Waals surface area (Å²) in [4.78, 5) is 16.8. The Bertz CT molecular complexity index is 674. The van der Waals surface area contributed by atoms with Gasteiger partial charge in [0.15, 0.2) is 0 Å². The largest absolute Gasteiger partial charge is 0.493 e. The van der Waals surface area contributed by atoms with E-state index in [1.54, 1.807) is 6.08 Å². The molecule has 0 aliphatic carbocycles. The van der Waals surface area contributed by atoms with Gasteiger partial charge in [0, 0.05) is 36.9 Å². The van der Waals surface area contributed by atoms with Crippen molar-refractivity contribution in [2.24, 2.45) is 0 Å². The Hall–Kier alpha value is -2.20. The van der Waals surface area contributed by atoms with Crippen LogP contribution in [0.4, 0.5) is 5.69 Å². The quantitative estimate of drug-likeness (QED) is 0.436. The number of benzene rings is 1. The molecule has 0 N–H and O–H groups in total. The normalized spacial score (nSPS) is 15.6. The molecule has 0 aromatic heterocycles. The van der Waals surface area contributed by atoms with Gasteiger partial charge in [-0.05, 0) is 38.1 Å². The lowest BCUT2D eigenvalue weighted by Crippen LogP contribution is -2.49. The van der Waals surface area contributed by atoms with Crippen LogP contribution < -0.4 is 4.90 Å². The number of nitrogens with zero attached hydrogens (tertiary/aromatic N) is 2. The number of carbonyl (C=O) groups is 1. The first-order valence-corrected chi connectivity index (χ1v) is 8.89. The highest BCUT2D eigenvalue weighted by Gasteiger charge is 2.25. The van der Waals surface area contributed by atoms with Crippen LogP contribution in [0.2, 0.25) is 5.02 Å². The van der Waals surface area contributed by atoms with Gasteiger partial charge in [-0.1, -0.05) is 36.4 Å². The fourth-order valence-corrected chi connectivity index (χ4v) is 2.90.